The fourth-order valence-corrected chi connectivity index (χ4v) is 3.63. The van der Waals surface area contributed by atoms with Gasteiger partial charge in [-0.1, -0.05) is 24.3 Å². The summed E-state index contributed by atoms with van der Waals surface area (Å²) in [5.41, 5.74) is 11.2. The number of nitrogens with two attached hydrogens (primary N) is 1. The minimum atomic E-state index is 0.563. The molecule has 24 heavy (non-hydrogen) atoms. The van der Waals surface area contributed by atoms with Crippen LogP contribution >= 0.6 is 11.3 Å². The molecule has 124 valence electrons. The van der Waals surface area contributed by atoms with E-state index in [1.165, 1.54) is 4.88 Å². The van der Waals surface area contributed by atoms with Crippen LogP contribution < -0.4 is 10.5 Å². The molecule has 2 aromatic carbocycles. The van der Waals surface area contributed by atoms with Gasteiger partial charge >= 0.3 is 0 Å². The molecule has 3 nitrogen and oxygen atoms in total. The SMILES string of the molecule is CCOc1ccc(-c2nc(-c3ccc(CN)cc3)sc2C)cc1C. The summed E-state index contributed by atoms with van der Waals surface area (Å²) >= 11 is 1.72. The van der Waals surface area contributed by atoms with Gasteiger partial charge in [0.1, 0.15) is 10.8 Å². The molecule has 0 bridgehead atoms. The van der Waals surface area contributed by atoms with Gasteiger partial charge in [-0.3, -0.25) is 0 Å². The van der Waals surface area contributed by atoms with Gasteiger partial charge in [-0.05, 0) is 50.1 Å². The summed E-state index contributed by atoms with van der Waals surface area (Å²) in [4.78, 5) is 6.09. The van der Waals surface area contributed by atoms with Crippen molar-refractivity contribution in [1.82, 2.24) is 4.98 Å². The van der Waals surface area contributed by atoms with Crippen molar-refractivity contribution in [1.29, 1.82) is 0 Å². The van der Waals surface area contributed by atoms with Crippen molar-refractivity contribution in [3.63, 3.8) is 0 Å². The topological polar surface area (TPSA) is 48.1 Å². The largest absolute Gasteiger partial charge is 0.494 e. The van der Waals surface area contributed by atoms with Gasteiger partial charge in [0.05, 0.1) is 12.3 Å². The number of benzene rings is 2. The monoisotopic (exact) mass is 338 g/mol. The number of hydrogen-bond acceptors (Lipinski definition) is 4. The summed E-state index contributed by atoms with van der Waals surface area (Å²) in [6.45, 7) is 7.44. The van der Waals surface area contributed by atoms with Crippen molar-refractivity contribution in [2.45, 2.75) is 27.3 Å². The predicted octanol–water partition coefficient (Wildman–Crippen LogP) is 4.95. The van der Waals surface area contributed by atoms with Crippen LogP contribution in [0, 0.1) is 13.8 Å². The first-order valence-corrected chi connectivity index (χ1v) is 8.94. The molecule has 4 heteroatoms. The van der Waals surface area contributed by atoms with Crippen LogP contribution in [0.15, 0.2) is 42.5 Å². The average Bonchev–Trinajstić information content (AvgIpc) is 2.99. The highest BCUT2D eigenvalue weighted by molar-refractivity contribution is 7.15. The summed E-state index contributed by atoms with van der Waals surface area (Å²) in [5, 5.41) is 1.04. The molecule has 0 aliphatic carbocycles. The normalized spacial score (nSPS) is 10.8. The van der Waals surface area contributed by atoms with Crippen molar-refractivity contribution in [2.24, 2.45) is 5.73 Å². The van der Waals surface area contributed by atoms with Crippen LogP contribution in [0.1, 0.15) is 22.9 Å². The van der Waals surface area contributed by atoms with Crippen molar-refractivity contribution >= 4 is 11.3 Å². The number of thiazole rings is 1. The molecule has 0 unspecified atom stereocenters. The van der Waals surface area contributed by atoms with Crippen LogP contribution in [0.2, 0.25) is 0 Å². The molecule has 0 saturated carbocycles. The summed E-state index contributed by atoms with van der Waals surface area (Å²) < 4.78 is 5.63. The highest BCUT2D eigenvalue weighted by atomic mass is 32.1. The van der Waals surface area contributed by atoms with Gasteiger partial charge in [0.15, 0.2) is 0 Å². The van der Waals surface area contributed by atoms with Crippen molar-refractivity contribution in [2.75, 3.05) is 6.61 Å². The number of aromatic nitrogens is 1. The number of aryl methyl sites for hydroxylation is 2. The Hall–Kier alpha value is -2.17. The Kier molecular flexibility index (Phi) is 4.97. The van der Waals surface area contributed by atoms with Gasteiger partial charge in [-0.15, -0.1) is 11.3 Å². The maximum atomic E-state index is 5.67. The molecule has 0 radical (unpaired) electrons. The van der Waals surface area contributed by atoms with E-state index in [0.29, 0.717) is 13.2 Å². The van der Waals surface area contributed by atoms with Crippen LogP contribution in [0.3, 0.4) is 0 Å². The summed E-state index contributed by atoms with van der Waals surface area (Å²) in [6.07, 6.45) is 0. The molecule has 3 rings (SSSR count). The smallest absolute Gasteiger partial charge is 0.124 e. The van der Waals surface area contributed by atoms with Crippen molar-refractivity contribution < 1.29 is 4.74 Å². The fraction of sp³-hybridized carbons (Fsp3) is 0.250. The number of hydrogen-bond donors (Lipinski definition) is 1. The highest BCUT2D eigenvalue weighted by Gasteiger charge is 2.12. The van der Waals surface area contributed by atoms with Gasteiger partial charge in [-0.2, -0.15) is 0 Å². The molecule has 2 N–H and O–H groups in total. The molecule has 0 saturated heterocycles. The minimum absolute atomic E-state index is 0.563. The predicted molar refractivity (Wildman–Crippen MR) is 102 cm³/mol. The lowest BCUT2D eigenvalue weighted by molar-refractivity contribution is 0.338. The van der Waals surface area contributed by atoms with E-state index in [1.54, 1.807) is 11.3 Å². The molecule has 1 heterocycles. The maximum Gasteiger partial charge on any atom is 0.124 e. The van der Waals surface area contributed by atoms with Gasteiger partial charge in [0.2, 0.25) is 0 Å². The van der Waals surface area contributed by atoms with Gasteiger partial charge in [-0.25, -0.2) is 4.98 Å². The molecule has 0 aliphatic rings. The summed E-state index contributed by atoms with van der Waals surface area (Å²) in [6, 6.07) is 14.6. The number of ether oxygens (including phenoxy) is 1. The third-order valence-corrected chi connectivity index (χ3v) is 5.00. The van der Waals surface area contributed by atoms with E-state index in [9.17, 15) is 0 Å². The van der Waals surface area contributed by atoms with E-state index in [1.807, 2.05) is 13.0 Å². The first-order chi connectivity index (χ1) is 11.6. The quantitative estimate of drug-likeness (QED) is 0.716. The van der Waals surface area contributed by atoms with E-state index < -0.39 is 0 Å². The van der Waals surface area contributed by atoms with Crippen LogP contribution in [0.5, 0.6) is 5.75 Å². The Morgan fingerprint density at radius 2 is 1.75 bits per heavy atom. The van der Waals surface area contributed by atoms with Crippen LogP contribution in [0.4, 0.5) is 0 Å². The standard InChI is InChI=1S/C20H22N2OS/c1-4-23-18-10-9-17(11-13(18)2)19-14(3)24-20(22-19)16-7-5-15(12-21)6-8-16/h5-11H,4,12,21H2,1-3H3. The highest BCUT2D eigenvalue weighted by Crippen LogP contribution is 2.35. The Bertz CT molecular complexity index is 837. The molecule has 3 aromatic rings. The van der Waals surface area contributed by atoms with E-state index in [-0.39, 0.29) is 0 Å². The molecule has 0 fully saturated rings. The van der Waals surface area contributed by atoms with Crippen molar-refractivity contribution in [3.05, 3.63) is 58.5 Å². The Morgan fingerprint density at radius 1 is 1.04 bits per heavy atom. The molecular formula is C20H22N2OS. The maximum absolute atomic E-state index is 5.67. The zero-order valence-electron chi connectivity index (χ0n) is 14.3. The molecule has 0 amide bonds. The third kappa shape index (κ3) is 3.35. The zero-order chi connectivity index (χ0) is 17.1. The van der Waals surface area contributed by atoms with E-state index in [2.05, 4.69) is 50.2 Å². The lowest BCUT2D eigenvalue weighted by Crippen LogP contribution is -1.95. The molecule has 0 atom stereocenters. The second-order valence-electron chi connectivity index (χ2n) is 5.74. The molecule has 0 aliphatic heterocycles. The minimum Gasteiger partial charge on any atom is -0.494 e. The first kappa shape index (κ1) is 16.7. The number of rotatable bonds is 5. The second-order valence-corrected chi connectivity index (χ2v) is 6.94. The first-order valence-electron chi connectivity index (χ1n) is 8.13. The molecule has 1 aromatic heterocycles. The molecular weight excluding hydrogens is 316 g/mol. The van der Waals surface area contributed by atoms with Gasteiger partial charge < -0.3 is 10.5 Å². The molecule has 0 spiro atoms. The lowest BCUT2D eigenvalue weighted by atomic mass is 10.1. The Morgan fingerprint density at radius 3 is 2.38 bits per heavy atom. The lowest BCUT2D eigenvalue weighted by Gasteiger charge is -2.08. The third-order valence-electron chi connectivity index (χ3n) is 3.98. The van der Waals surface area contributed by atoms with E-state index >= 15 is 0 Å². The van der Waals surface area contributed by atoms with Gasteiger partial charge in [0, 0.05) is 22.5 Å². The van der Waals surface area contributed by atoms with E-state index in [4.69, 9.17) is 15.5 Å². The summed E-state index contributed by atoms with van der Waals surface area (Å²) in [5.74, 6) is 0.937. The van der Waals surface area contributed by atoms with Crippen LogP contribution in [0.25, 0.3) is 21.8 Å². The Balaban J connectivity index is 1.95. The second kappa shape index (κ2) is 7.16. The Labute approximate surface area is 147 Å². The van der Waals surface area contributed by atoms with Crippen molar-refractivity contribution in [3.8, 4) is 27.6 Å². The van der Waals surface area contributed by atoms with Crippen LogP contribution in [-0.4, -0.2) is 11.6 Å². The fourth-order valence-electron chi connectivity index (χ4n) is 2.69. The van der Waals surface area contributed by atoms with Crippen LogP contribution in [-0.2, 0) is 6.54 Å². The van der Waals surface area contributed by atoms with E-state index in [0.717, 1.165) is 38.7 Å². The number of nitrogens with zero attached hydrogens (tertiary/aromatic N) is 1. The van der Waals surface area contributed by atoms with Gasteiger partial charge in [0.25, 0.3) is 0 Å². The zero-order valence-corrected chi connectivity index (χ0v) is 15.1. The average molecular weight is 338 g/mol. The summed E-state index contributed by atoms with van der Waals surface area (Å²) in [7, 11) is 0.